The van der Waals surface area contributed by atoms with E-state index in [-0.39, 0.29) is 0 Å². The van der Waals surface area contributed by atoms with E-state index in [1.54, 1.807) is 0 Å². The van der Waals surface area contributed by atoms with Crippen LogP contribution < -0.4 is 0 Å². The average Bonchev–Trinajstić information content (AvgIpc) is 2.95. The third kappa shape index (κ3) is 2.71. The standard InChI is InChI=1S/C11H11BrClFO/c12-8-5-10(14)7(4-9(8)13)11(15)3-6-1-2-6/h4-6,11,15H,1-3H2. The largest absolute Gasteiger partial charge is 0.388 e. The molecule has 1 nitrogen and oxygen atoms in total. The molecule has 0 amide bonds. The zero-order valence-electron chi connectivity index (χ0n) is 8.01. The lowest BCUT2D eigenvalue weighted by Crippen LogP contribution is -2.02. The van der Waals surface area contributed by atoms with Gasteiger partial charge in [-0.25, -0.2) is 4.39 Å². The van der Waals surface area contributed by atoms with Crippen molar-refractivity contribution in [1.29, 1.82) is 0 Å². The highest BCUT2D eigenvalue weighted by atomic mass is 79.9. The Morgan fingerprint density at radius 2 is 2.20 bits per heavy atom. The Labute approximate surface area is 101 Å². The maximum Gasteiger partial charge on any atom is 0.130 e. The van der Waals surface area contributed by atoms with Crippen molar-refractivity contribution in [2.45, 2.75) is 25.4 Å². The maximum absolute atomic E-state index is 13.5. The van der Waals surface area contributed by atoms with Crippen molar-refractivity contribution in [3.05, 3.63) is 33.0 Å². The Morgan fingerprint density at radius 3 is 2.80 bits per heavy atom. The zero-order valence-corrected chi connectivity index (χ0v) is 10.4. The van der Waals surface area contributed by atoms with Gasteiger partial charge in [0.25, 0.3) is 0 Å². The van der Waals surface area contributed by atoms with Gasteiger partial charge in [0, 0.05) is 10.0 Å². The van der Waals surface area contributed by atoms with Crippen molar-refractivity contribution in [3.8, 4) is 0 Å². The second-order valence-electron chi connectivity index (χ2n) is 3.98. The van der Waals surface area contributed by atoms with Crippen molar-refractivity contribution in [2.75, 3.05) is 0 Å². The number of benzene rings is 1. The van der Waals surface area contributed by atoms with E-state index in [0.29, 0.717) is 27.4 Å². The van der Waals surface area contributed by atoms with E-state index in [9.17, 15) is 9.50 Å². The molecule has 1 N–H and O–H groups in total. The lowest BCUT2D eigenvalue weighted by Gasteiger charge is -2.12. The van der Waals surface area contributed by atoms with Gasteiger partial charge in [0.05, 0.1) is 11.1 Å². The molecule has 0 heterocycles. The smallest absolute Gasteiger partial charge is 0.130 e. The van der Waals surface area contributed by atoms with Crippen molar-refractivity contribution in [2.24, 2.45) is 5.92 Å². The summed E-state index contributed by atoms with van der Waals surface area (Å²) in [5.74, 6) is 0.154. The summed E-state index contributed by atoms with van der Waals surface area (Å²) in [6.07, 6.45) is 2.18. The van der Waals surface area contributed by atoms with Crippen molar-refractivity contribution in [3.63, 3.8) is 0 Å². The highest BCUT2D eigenvalue weighted by Gasteiger charge is 2.26. The van der Waals surface area contributed by atoms with Crippen molar-refractivity contribution >= 4 is 27.5 Å². The summed E-state index contributed by atoms with van der Waals surface area (Å²) in [5, 5.41) is 10.2. The molecule has 1 unspecified atom stereocenters. The lowest BCUT2D eigenvalue weighted by atomic mass is 10.0. The molecular formula is C11H11BrClFO. The van der Waals surface area contributed by atoms with E-state index >= 15 is 0 Å². The van der Waals surface area contributed by atoms with Gasteiger partial charge in [-0.3, -0.25) is 0 Å². The van der Waals surface area contributed by atoms with E-state index in [1.807, 2.05) is 0 Å². The Bertz CT molecular complexity index is 379. The second-order valence-corrected chi connectivity index (χ2v) is 5.24. The van der Waals surface area contributed by atoms with Crippen LogP contribution in [0.15, 0.2) is 16.6 Å². The average molecular weight is 294 g/mol. The van der Waals surface area contributed by atoms with Crippen LogP contribution in [0.5, 0.6) is 0 Å². The normalized spacial score (nSPS) is 17.9. The minimum absolute atomic E-state index is 0.301. The zero-order chi connectivity index (χ0) is 11.0. The molecule has 1 aliphatic carbocycles. The number of aliphatic hydroxyl groups is 1. The van der Waals surface area contributed by atoms with E-state index in [1.165, 1.54) is 12.1 Å². The first-order valence-corrected chi connectivity index (χ1v) is 6.07. The van der Waals surface area contributed by atoms with Crippen LogP contribution in [0.3, 0.4) is 0 Å². The van der Waals surface area contributed by atoms with Crippen LogP contribution in [0, 0.1) is 11.7 Å². The molecule has 1 aliphatic rings. The van der Waals surface area contributed by atoms with Gasteiger partial charge < -0.3 is 5.11 Å². The van der Waals surface area contributed by atoms with Gasteiger partial charge >= 0.3 is 0 Å². The van der Waals surface area contributed by atoms with Gasteiger partial charge in [-0.1, -0.05) is 24.4 Å². The molecule has 4 heteroatoms. The van der Waals surface area contributed by atoms with E-state index < -0.39 is 11.9 Å². The first-order valence-electron chi connectivity index (χ1n) is 4.90. The predicted octanol–water partition coefficient (Wildman–Crippen LogP) is 4.08. The highest BCUT2D eigenvalue weighted by molar-refractivity contribution is 9.10. The van der Waals surface area contributed by atoms with Crippen LogP contribution in [0.4, 0.5) is 4.39 Å². The predicted molar refractivity (Wildman–Crippen MR) is 61.4 cm³/mol. The molecule has 0 radical (unpaired) electrons. The lowest BCUT2D eigenvalue weighted by molar-refractivity contribution is 0.156. The molecule has 0 saturated heterocycles. The van der Waals surface area contributed by atoms with Gasteiger partial charge in [0.15, 0.2) is 0 Å². The quantitative estimate of drug-likeness (QED) is 0.833. The first kappa shape index (κ1) is 11.4. The van der Waals surface area contributed by atoms with Crippen LogP contribution >= 0.6 is 27.5 Å². The summed E-state index contributed by atoms with van der Waals surface area (Å²) in [4.78, 5) is 0. The molecule has 1 saturated carbocycles. The summed E-state index contributed by atoms with van der Waals surface area (Å²) in [6.45, 7) is 0. The van der Waals surface area contributed by atoms with Crippen LogP contribution in [-0.2, 0) is 0 Å². The van der Waals surface area contributed by atoms with E-state index in [2.05, 4.69) is 15.9 Å². The minimum atomic E-state index is -0.733. The fourth-order valence-electron chi connectivity index (χ4n) is 1.59. The molecule has 0 aromatic heterocycles. The Balaban J connectivity index is 2.21. The second kappa shape index (κ2) is 4.40. The van der Waals surface area contributed by atoms with Crippen LogP contribution in [0.2, 0.25) is 5.02 Å². The van der Waals surface area contributed by atoms with Crippen LogP contribution in [0.25, 0.3) is 0 Å². The monoisotopic (exact) mass is 292 g/mol. The molecule has 0 aliphatic heterocycles. The molecule has 1 aromatic carbocycles. The molecule has 0 bridgehead atoms. The molecular weight excluding hydrogens is 282 g/mol. The van der Waals surface area contributed by atoms with Crippen molar-refractivity contribution in [1.82, 2.24) is 0 Å². The Morgan fingerprint density at radius 1 is 1.53 bits per heavy atom. The number of rotatable bonds is 3. The molecule has 1 aromatic rings. The van der Waals surface area contributed by atoms with Crippen LogP contribution in [0.1, 0.15) is 30.9 Å². The minimum Gasteiger partial charge on any atom is -0.388 e. The number of halogens is 3. The Hall–Kier alpha value is -0.120. The van der Waals surface area contributed by atoms with Gasteiger partial charge in [0.2, 0.25) is 0 Å². The third-order valence-corrected chi connectivity index (χ3v) is 3.85. The van der Waals surface area contributed by atoms with Crippen molar-refractivity contribution < 1.29 is 9.50 Å². The molecule has 2 rings (SSSR count). The summed E-state index contributed by atoms with van der Waals surface area (Å²) in [6, 6.07) is 2.79. The Kier molecular flexibility index (Phi) is 3.33. The van der Waals surface area contributed by atoms with E-state index in [0.717, 1.165) is 12.8 Å². The highest BCUT2D eigenvalue weighted by Crippen LogP contribution is 2.39. The summed E-state index contributed by atoms with van der Waals surface area (Å²) >= 11 is 9.00. The van der Waals surface area contributed by atoms with Gasteiger partial charge in [0.1, 0.15) is 5.82 Å². The number of hydrogen-bond acceptors (Lipinski definition) is 1. The van der Waals surface area contributed by atoms with Gasteiger partial charge in [-0.05, 0) is 40.4 Å². The number of aliphatic hydroxyl groups excluding tert-OH is 1. The van der Waals surface area contributed by atoms with Gasteiger partial charge in [-0.15, -0.1) is 0 Å². The molecule has 82 valence electrons. The molecule has 15 heavy (non-hydrogen) atoms. The topological polar surface area (TPSA) is 20.2 Å². The molecule has 0 spiro atoms. The first-order chi connectivity index (χ1) is 7.08. The molecule has 1 fully saturated rings. The molecule has 1 atom stereocenters. The summed E-state index contributed by atoms with van der Waals surface area (Å²) < 4.78 is 14.0. The van der Waals surface area contributed by atoms with E-state index in [4.69, 9.17) is 11.6 Å². The number of hydrogen-bond donors (Lipinski definition) is 1. The fraction of sp³-hybridized carbons (Fsp3) is 0.455. The van der Waals surface area contributed by atoms with Gasteiger partial charge in [-0.2, -0.15) is 0 Å². The third-order valence-electron chi connectivity index (χ3n) is 2.65. The van der Waals surface area contributed by atoms with Crippen LogP contribution in [-0.4, -0.2) is 5.11 Å². The summed E-state index contributed by atoms with van der Waals surface area (Å²) in [7, 11) is 0. The summed E-state index contributed by atoms with van der Waals surface area (Å²) in [5.41, 5.74) is 0.301. The maximum atomic E-state index is 13.5. The SMILES string of the molecule is OC(CC1CC1)c1cc(Cl)c(Br)cc1F. The fourth-order valence-corrected chi connectivity index (χ4v) is 2.08.